The molecule has 1 rings (SSSR count). The third-order valence-electron chi connectivity index (χ3n) is 1.77. The third kappa shape index (κ3) is 1.86. The summed E-state index contributed by atoms with van der Waals surface area (Å²) in [7, 11) is 3.05. The second-order valence-electron chi connectivity index (χ2n) is 2.79. The van der Waals surface area contributed by atoms with E-state index in [2.05, 4.69) is 5.10 Å². The number of carbonyl (C=O) groups is 1. The molecule has 0 aliphatic heterocycles. The number of aromatic nitrogens is 2. The molecule has 5 heteroatoms. The molecule has 1 unspecified atom stereocenters. The van der Waals surface area contributed by atoms with Crippen molar-refractivity contribution in [2.75, 3.05) is 7.11 Å². The normalized spacial score (nSPS) is 12.8. The number of aliphatic carboxylic acids is 1. The molecule has 0 aliphatic carbocycles. The number of hydrogen-bond acceptors (Lipinski definition) is 3. The van der Waals surface area contributed by atoms with Gasteiger partial charge in [0.15, 0.2) is 6.10 Å². The quantitative estimate of drug-likeness (QED) is 0.743. The van der Waals surface area contributed by atoms with E-state index in [1.807, 2.05) is 0 Å². The molecule has 0 spiro atoms. The Morgan fingerprint density at radius 3 is 2.69 bits per heavy atom. The fourth-order valence-electron chi connectivity index (χ4n) is 1.22. The van der Waals surface area contributed by atoms with Gasteiger partial charge < -0.3 is 9.84 Å². The highest BCUT2D eigenvalue weighted by Gasteiger charge is 2.22. The van der Waals surface area contributed by atoms with Crippen molar-refractivity contribution in [1.82, 2.24) is 9.78 Å². The molecule has 1 aromatic heterocycles. The molecule has 0 amide bonds. The molecule has 13 heavy (non-hydrogen) atoms. The third-order valence-corrected chi connectivity index (χ3v) is 1.77. The topological polar surface area (TPSA) is 64.3 Å². The maximum absolute atomic E-state index is 10.7. The van der Waals surface area contributed by atoms with Gasteiger partial charge in [0, 0.05) is 14.2 Å². The molecule has 0 saturated carbocycles. The molecular weight excluding hydrogens is 172 g/mol. The van der Waals surface area contributed by atoms with Crippen LogP contribution < -0.4 is 0 Å². The van der Waals surface area contributed by atoms with Crippen LogP contribution in [0.4, 0.5) is 0 Å². The summed E-state index contributed by atoms with van der Waals surface area (Å²) < 4.78 is 6.34. The molecule has 0 aromatic carbocycles. The summed E-state index contributed by atoms with van der Waals surface area (Å²) in [6.07, 6.45) is -0.939. The highest BCUT2D eigenvalue weighted by Crippen LogP contribution is 2.16. The van der Waals surface area contributed by atoms with Crippen LogP contribution in [0.25, 0.3) is 0 Å². The van der Waals surface area contributed by atoms with E-state index in [1.165, 1.54) is 11.8 Å². The molecule has 0 radical (unpaired) electrons. The van der Waals surface area contributed by atoms with Crippen molar-refractivity contribution in [1.29, 1.82) is 0 Å². The van der Waals surface area contributed by atoms with Crippen LogP contribution in [-0.4, -0.2) is 28.0 Å². The minimum Gasteiger partial charge on any atom is -0.479 e. The number of hydrogen-bond donors (Lipinski definition) is 1. The van der Waals surface area contributed by atoms with E-state index in [0.29, 0.717) is 5.69 Å². The van der Waals surface area contributed by atoms with Gasteiger partial charge in [-0.2, -0.15) is 5.10 Å². The molecule has 1 aromatic rings. The first kappa shape index (κ1) is 9.73. The standard InChI is InChI=1S/C8H12N2O3/c1-5-4-6(10(2)9-5)7(13-3)8(11)12/h4,7H,1-3H3,(H,11,12). The van der Waals surface area contributed by atoms with E-state index in [1.54, 1.807) is 20.0 Å². The lowest BCUT2D eigenvalue weighted by atomic mass is 10.2. The molecule has 0 saturated heterocycles. The van der Waals surface area contributed by atoms with Gasteiger partial charge in [-0.05, 0) is 13.0 Å². The first-order valence-corrected chi connectivity index (χ1v) is 3.82. The van der Waals surface area contributed by atoms with Gasteiger partial charge in [0.2, 0.25) is 0 Å². The van der Waals surface area contributed by atoms with Crippen molar-refractivity contribution in [3.8, 4) is 0 Å². The van der Waals surface area contributed by atoms with E-state index in [-0.39, 0.29) is 0 Å². The second kappa shape index (κ2) is 3.57. The Kier molecular flexibility index (Phi) is 2.67. The van der Waals surface area contributed by atoms with Gasteiger partial charge >= 0.3 is 5.97 Å². The van der Waals surface area contributed by atoms with Gasteiger partial charge in [0.1, 0.15) is 0 Å². The lowest BCUT2D eigenvalue weighted by Crippen LogP contribution is -2.16. The second-order valence-corrected chi connectivity index (χ2v) is 2.79. The van der Waals surface area contributed by atoms with Crippen molar-refractivity contribution in [2.24, 2.45) is 7.05 Å². The summed E-state index contributed by atoms with van der Waals surface area (Å²) in [5.41, 5.74) is 1.33. The fourth-order valence-corrected chi connectivity index (χ4v) is 1.22. The summed E-state index contributed by atoms with van der Waals surface area (Å²) in [5, 5.41) is 12.8. The summed E-state index contributed by atoms with van der Waals surface area (Å²) in [6.45, 7) is 1.80. The van der Waals surface area contributed by atoms with Crippen LogP contribution in [0.1, 0.15) is 17.5 Å². The molecule has 0 fully saturated rings. The first-order chi connectivity index (χ1) is 6.06. The molecule has 5 nitrogen and oxygen atoms in total. The molecule has 1 atom stereocenters. The monoisotopic (exact) mass is 184 g/mol. The number of carboxylic acids is 1. The van der Waals surface area contributed by atoms with E-state index in [9.17, 15) is 4.79 Å². The molecule has 1 heterocycles. The number of aryl methyl sites for hydroxylation is 2. The number of nitrogens with zero attached hydrogens (tertiary/aromatic N) is 2. The Bertz CT molecular complexity index is 319. The summed E-state index contributed by atoms with van der Waals surface area (Å²) in [5.74, 6) is -1.01. The lowest BCUT2D eigenvalue weighted by Gasteiger charge is -2.09. The average Bonchev–Trinajstić information content (AvgIpc) is 2.31. The van der Waals surface area contributed by atoms with Crippen LogP contribution in [0.3, 0.4) is 0 Å². The molecule has 0 aliphatic rings. The average molecular weight is 184 g/mol. The minimum absolute atomic E-state index is 0.549. The van der Waals surface area contributed by atoms with Crippen molar-refractivity contribution in [2.45, 2.75) is 13.0 Å². The summed E-state index contributed by atoms with van der Waals surface area (Å²) in [4.78, 5) is 10.7. The first-order valence-electron chi connectivity index (χ1n) is 3.82. The van der Waals surface area contributed by atoms with Crippen LogP contribution >= 0.6 is 0 Å². The zero-order valence-electron chi connectivity index (χ0n) is 7.81. The van der Waals surface area contributed by atoms with Crippen LogP contribution in [0.5, 0.6) is 0 Å². The number of ether oxygens (including phenoxy) is 1. The lowest BCUT2D eigenvalue weighted by molar-refractivity contribution is -0.149. The van der Waals surface area contributed by atoms with E-state index in [0.717, 1.165) is 5.69 Å². The zero-order chi connectivity index (χ0) is 10.0. The molecule has 0 bridgehead atoms. The SMILES string of the molecule is COC(C(=O)O)c1cc(C)nn1C. The fraction of sp³-hybridized carbons (Fsp3) is 0.500. The van der Waals surface area contributed by atoms with Crippen molar-refractivity contribution < 1.29 is 14.6 Å². The van der Waals surface area contributed by atoms with E-state index in [4.69, 9.17) is 9.84 Å². The van der Waals surface area contributed by atoms with Gasteiger partial charge in [0.05, 0.1) is 11.4 Å². The summed E-state index contributed by atoms with van der Waals surface area (Å²) in [6, 6.07) is 1.70. The van der Waals surface area contributed by atoms with Gasteiger partial charge in [-0.1, -0.05) is 0 Å². The molecular formula is C8H12N2O3. The predicted molar refractivity (Wildman–Crippen MR) is 45.3 cm³/mol. The van der Waals surface area contributed by atoms with Crippen LogP contribution in [0.15, 0.2) is 6.07 Å². The maximum atomic E-state index is 10.7. The minimum atomic E-state index is -1.01. The zero-order valence-corrected chi connectivity index (χ0v) is 7.81. The molecule has 1 N–H and O–H groups in total. The van der Waals surface area contributed by atoms with E-state index >= 15 is 0 Å². The Morgan fingerprint density at radius 1 is 1.77 bits per heavy atom. The van der Waals surface area contributed by atoms with Crippen LogP contribution in [-0.2, 0) is 16.6 Å². The Hall–Kier alpha value is -1.36. The van der Waals surface area contributed by atoms with Gasteiger partial charge in [-0.3, -0.25) is 4.68 Å². The Balaban J connectivity index is 3.04. The number of rotatable bonds is 3. The van der Waals surface area contributed by atoms with Crippen molar-refractivity contribution >= 4 is 5.97 Å². The number of carboxylic acid groups (broad SMARTS) is 1. The van der Waals surface area contributed by atoms with Gasteiger partial charge in [-0.25, -0.2) is 4.79 Å². The number of methoxy groups -OCH3 is 1. The Labute approximate surface area is 75.9 Å². The van der Waals surface area contributed by atoms with Crippen LogP contribution in [0.2, 0.25) is 0 Å². The van der Waals surface area contributed by atoms with Crippen molar-refractivity contribution in [3.05, 3.63) is 17.5 Å². The van der Waals surface area contributed by atoms with Crippen LogP contribution in [0, 0.1) is 6.92 Å². The van der Waals surface area contributed by atoms with E-state index < -0.39 is 12.1 Å². The predicted octanol–water partition coefficient (Wildman–Crippen LogP) is 0.501. The highest BCUT2D eigenvalue weighted by molar-refractivity contribution is 5.73. The smallest absolute Gasteiger partial charge is 0.339 e. The summed E-state index contributed by atoms with van der Waals surface area (Å²) >= 11 is 0. The maximum Gasteiger partial charge on any atom is 0.339 e. The largest absolute Gasteiger partial charge is 0.479 e. The molecule has 72 valence electrons. The van der Waals surface area contributed by atoms with Gasteiger partial charge in [0.25, 0.3) is 0 Å². The van der Waals surface area contributed by atoms with Gasteiger partial charge in [-0.15, -0.1) is 0 Å². The highest BCUT2D eigenvalue weighted by atomic mass is 16.5. The van der Waals surface area contributed by atoms with Crippen molar-refractivity contribution in [3.63, 3.8) is 0 Å². The Morgan fingerprint density at radius 2 is 2.38 bits per heavy atom.